The van der Waals surface area contributed by atoms with Crippen LogP contribution in [0, 0.1) is 11.8 Å². The van der Waals surface area contributed by atoms with Crippen molar-refractivity contribution in [3.8, 4) is 0 Å². The van der Waals surface area contributed by atoms with E-state index in [-0.39, 0.29) is 11.8 Å². The second-order valence-corrected chi connectivity index (χ2v) is 8.26. The summed E-state index contributed by atoms with van der Waals surface area (Å²) < 4.78 is 1.97. The van der Waals surface area contributed by atoms with Gasteiger partial charge in [-0.1, -0.05) is 18.5 Å². The molecule has 0 saturated heterocycles. The predicted molar refractivity (Wildman–Crippen MR) is 112 cm³/mol. The van der Waals surface area contributed by atoms with E-state index in [0.717, 1.165) is 42.5 Å². The number of aromatic nitrogens is 3. The summed E-state index contributed by atoms with van der Waals surface area (Å²) in [5.74, 6) is 0.971. The minimum atomic E-state index is -0.0102. The van der Waals surface area contributed by atoms with Gasteiger partial charge in [-0.3, -0.25) is 4.79 Å². The Bertz CT molecular complexity index is 974. The van der Waals surface area contributed by atoms with Crippen LogP contribution in [0.5, 0.6) is 0 Å². The van der Waals surface area contributed by atoms with Crippen LogP contribution in [0.4, 0.5) is 5.69 Å². The number of aryl methyl sites for hydroxylation is 1. The largest absolute Gasteiger partial charge is 0.326 e. The molecule has 2 heterocycles. The molecule has 6 heteroatoms. The number of halogens is 1. The fourth-order valence-corrected chi connectivity index (χ4v) is 4.44. The Kier molecular flexibility index (Phi) is 5.36. The van der Waals surface area contributed by atoms with Gasteiger partial charge in [0.2, 0.25) is 5.91 Å². The lowest BCUT2D eigenvalue weighted by Crippen LogP contribution is -2.29. The monoisotopic (exact) mass is 396 g/mol. The number of carbonyl (C=O) groups excluding carboxylic acids is 1. The molecule has 1 N–H and O–H groups in total. The van der Waals surface area contributed by atoms with Crippen molar-refractivity contribution in [3.63, 3.8) is 0 Å². The topological polar surface area (TPSA) is 59.8 Å². The van der Waals surface area contributed by atoms with Gasteiger partial charge in [-0.2, -0.15) is 0 Å². The SMILES string of the molecule is CC(C(=O)Nc1ccc(Cl)cc1)[C@H]1CC[C@H](c2ccnc3c2ncn3C)CC1. The molecular formula is C22H25ClN4O. The molecule has 1 aliphatic carbocycles. The first kappa shape index (κ1) is 18.9. The number of pyridine rings is 1. The number of benzene rings is 1. The number of nitrogens with one attached hydrogen (secondary N) is 1. The fraction of sp³-hybridized carbons (Fsp3) is 0.409. The van der Waals surface area contributed by atoms with Crippen LogP contribution in [-0.4, -0.2) is 20.4 Å². The fourth-order valence-electron chi connectivity index (χ4n) is 4.31. The third-order valence-corrected chi connectivity index (χ3v) is 6.33. The first-order valence-corrected chi connectivity index (χ1v) is 10.2. The van der Waals surface area contributed by atoms with Crippen LogP contribution in [0.1, 0.15) is 44.1 Å². The number of hydrogen-bond donors (Lipinski definition) is 1. The van der Waals surface area contributed by atoms with Crippen molar-refractivity contribution in [1.29, 1.82) is 0 Å². The van der Waals surface area contributed by atoms with Gasteiger partial charge in [-0.15, -0.1) is 0 Å². The molecule has 3 aromatic rings. The van der Waals surface area contributed by atoms with Crippen LogP contribution in [0.25, 0.3) is 11.2 Å². The Morgan fingerprint density at radius 1 is 1.14 bits per heavy atom. The second kappa shape index (κ2) is 7.92. The lowest BCUT2D eigenvalue weighted by molar-refractivity contribution is -0.121. The highest BCUT2D eigenvalue weighted by atomic mass is 35.5. The molecule has 0 spiro atoms. The molecule has 1 aromatic carbocycles. The molecule has 28 heavy (non-hydrogen) atoms. The Labute approximate surface area is 170 Å². The number of fused-ring (bicyclic) bond motifs is 1. The van der Waals surface area contributed by atoms with Crippen LogP contribution < -0.4 is 5.32 Å². The predicted octanol–water partition coefficient (Wildman–Crippen LogP) is 5.17. The van der Waals surface area contributed by atoms with Crippen molar-refractivity contribution in [2.24, 2.45) is 18.9 Å². The molecule has 0 aliphatic heterocycles. The van der Waals surface area contributed by atoms with Crippen LogP contribution in [-0.2, 0) is 11.8 Å². The zero-order chi connectivity index (χ0) is 19.7. The van der Waals surface area contributed by atoms with Crippen molar-refractivity contribution in [3.05, 3.63) is 53.4 Å². The van der Waals surface area contributed by atoms with Gasteiger partial charge in [0.1, 0.15) is 5.52 Å². The number of hydrogen-bond acceptors (Lipinski definition) is 3. The normalized spacial score (nSPS) is 20.8. The smallest absolute Gasteiger partial charge is 0.227 e. The summed E-state index contributed by atoms with van der Waals surface area (Å²) in [6, 6.07) is 9.37. The van der Waals surface area contributed by atoms with Gasteiger partial charge in [0.05, 0.1) is 6.33 Å². The average molecular weight is 397 g/mol. The third-order valence-electron chi connectivity index (χ3n) is 6.07. The molecule has 0 bridgehead atoms. The van der Waals surface area contributed by atoms with E-state index in [1.807, 2.05) is 43.2 Å². The molecule has 0 radical (unpaired) electrons. The molecular weight excluding hydrogens is 372 g/mol. The van der Waals surface area contributed by atoms with Gasteiger partial charge in [-0.25, -0.2) is 9.97 Å². The van der Waals surface area contributed by atoms with E-state index in [1.54, 1.807) is 12.1 Å². The molecule has 2 aromatic heterocycles. The van der Waals surface area contributed by atoms with E-state index in [9.17, 15) is 4.79 Å². The van der Waals surface area contributed by atoms with Gasteiger partial charge in [0.15, 0.2) is 5.65 Å². The number of carbonyl (C=O) groups is 1. The summed E-state index contributed by atoms with van der Waals surface area (Å²) >= 11 is 5.91. The lowest BCUT2D eigenvalue weighted by atomic mass is 9.74. The quantitative estimate of drug-likeness (QED) is 0.661. The minimum absolute atomic E-state index is 0.0102. The number of nitrogens with zero attached hydrogens (tertiary/aromatic N) is 3. The number of amides is 1. The van der Waals surface area contributed by atoms with Crippen LogP contribution in [0.15, 0.2) is 42.9 Å². The molecule has 5 nitrogen and oxygen atoms in total. The van der Waals surface area contributed by atoms with Crippen LogP contribution in [0.2, 0.25) is 5.02 Å². The summed E-state index contributed by atoms with van der Waals surface area (Å²) in [6.07, 6.45) is 7.98. The maximum Gasteiger partial charge on any atom is 0.227 e. The molecule has 1 aliphatic rings. The number of rotatable bonds is 4. The van der Waals surface area contributed by atoms with E-state index >= 15 is 0 Å². The molecule has 1 fully saturated rings. The molecule has 1 amide bonds. The van der Waals surface area contributed by atoms with Crippen LogP contribution in [0.3, 0.4) is 0 Å². The van der Waals surface area contributed by atoms with Crippen LogP contribution >= 0.6 is 11.6 Å². The standard InChI is InChI=1S/C22H25ClN4O/c1-14(22(28)26-18-9-7-17(23)8-10-18)15-3-5-16(6-4-15)19-11-12-24-21-20(19)25-13-27(21)2/h7-16H,3-6H2,1-2H3,(H,26,28)/t14?,15-,16-. The Morgan fingerprint density at radius 3 is 2.57 bits per heavy atom. The summed E-state index contributed by atoms with van der Waals surface area (Å²) in [5, 5.41) is 3.69. The van der Waals surface area contributed by atoms with E-state index < -0.39 is 0 Å². The van der Waals surface area contributed by atoms with Crippen molar-refractivity contribution in [2.45, 2.75) is 38.5 Å². The van der Waals surface area contributed by atoms with Gasteiger partial charge in [0.25, 0.3) is 0 Å². The van der Waals surface area contributed by atoms with Gasteiger partial charge in [0, 0.05) is 29.9 Å². The van der Waals surface area contributed by atoms with E-state index in [1.165, 1.54) is 5.56 Å². The number of anilines is 1. The molecule has 146 valence electrons. The minimum Gasteiger partial charge on any atom is -0.326 e. The van der Waals surface area contributed by atoms with E-state index in [4.69, 9.17) is 11.6 Å². The summed E-state index contributed by atoms with van der Waals surface area (Å²) in [5.41, 5.74) is 4.05. The zero-order valence-electron chi connectivity index (χ0n) is 16.2. The van der Waals surface area contributed by atoms with Crippen molar-refractivity contribution in [2.75, 3.05) is 5.32 Å². The van der Waals surface area contributed by atoms with Crippen molar-refractivity contribution in [1.82, 2.24) is 14.5 Å². The van der Waals surface area contributed by atoms with E-state index in [2.05, 4.69) is 21.4 Å². The maximum absolute atomic E-state index is 12.7. The molecule has 1 saturated carbocycles. The summed E-state index contributed by atoms with van der Waals surface area (Å²) in [4.78, 5) is 21.7. The molecule has 1 atom stereocenters. The average Bonchev–Trinajstić information content (AvgIpc) is 3.10. The van der Waals surface area contributed by atoms with Crippen molar-refractivity contribution >= 4 is 34.4 Å². The number of imidazole rings is 1. The highest BCUT2D eigenvalue weighted by Crippen LogP contribution is 2.40. The molecule has 4 rings (SSSR count). The first-order valence-electron chi connectivity index (χ1n) is 9.85. The van der Waals surface area contributed by atoms with Gasteiger partial charge >= 0.3 is 0 Å². The highest BCUT2D eigenvalue weighted by Gasteiger charge is 2.30. The second-order valence-electron chi connectivity index (χ2n) is 7.82. The maximum atomic E-state index is 12.7. The summed E-state index contributed by atoms with van der Waals surface area (Å²) in [6.45, 7) is 2.04. The van der Waals surface area contributed by atoms with Crippen molar-refractivity contribution < 1.29 is 4.79 Å². The zero-order valence-corrected chi connectivity index (χ0v) is 17.0. The Hall–Kier alpha value is -2.40. The first-order chi connectivity index (χ1) is 13.5. The molecule has 1 unspecified atom stereocenters. The Balaban J connectivity index is 1.39. The highest BCUT2D eigenvalue weighted by molar-refractivity contribution is 6.30. The summed E-state index contributed by atoms with van der Waals surface area (Å²) in [7, 11) is 1.98. The van der Waals surface area contributed by atoms with E-state index in [0.29, 0.717) is 16.9 Å². The Morgan fingerprint density at radius 2 is 1.86 bits per heavy atom. The third kappa shape index (κ3) is 3.76. The van der Waals surface area contributed by atoms with Gasteiger partial charge < -0.3 is 9.88 Å². The van der Waals surface area contributed by atoms with Gasteiger partial charge in [-0.05, 0) is 73.4 Å². The lowest BCUT2D eigenvalue weighted by Gasteiger charge is -2.32.